The number of hydrogen-bond acceptors (Lipinski definition) is 2. The molecule has 0 heterocycles. The monoisotopic (exact) mass is 269 g/mol. The molecule has 1 unspecified atom stereocenters. The number of benzene rings is 2. The van der Waals surface area contributed by atoms with Crippen LogP contribution in [0.5, 0.6) is 5.75 Å². The third-order valence-corrected chi connectivity index (χ3v) is 3.44. The van der Waals surface area contributed by atoms with Gasteiger partial charge in [0, 0.05) is 6.04 Å². The van der Waals surface area contributed by atoms with E-state index in [2.05, 4.69) is 50.2 Å². The van der Waals surface area contributed by atoms with Crippen LogP contribution in [0.25, 0.3) is 11.1 Å². The average Bonchev–Trinajstić information content (AvgIpc) is 2.53. The van der Waals surface area contributed by atoms with Crippen LogP contribution in [-0.4, -0.2) is 6.61 Å². The molecule has 0 fully saturated rings. The molecule has 0 spiro atoms. The van der Waals surface area contributed by atoms with Gasteiger partial charge in [0.15, 0.2) is 0 Å². The largest absolute Gasteiger partial charge is 0.494 e. The summed E-state index contributed by atoms with van der Waals surface area (Å²) in [5, 5.41) is 0. The summed E-state index contributed by atoms with van der Waals surface area (Å²) in [6, 6.07) is 16.9. The average molecular weight is 269 g/mol. The van der Waals surface area contributed by atoms with Crippen molar-refractivity contribution in [2.45, 2.75) is 32.7 Å². The Morgan fingerprint density at radius 3 is 1.95 bits per heavy atom. The second kappa shape index (κ2) is 7.11. The fourth-order valence-electron chi connectivity index (χ4n) is 2.12. The Labute approximate surface area is 121 Å². The van der Waals surface area contributed by atoms with Gasteiger partial charge in [-0.15, -0.1) is 0 Å². The van der Waals surface area contributed by atoms with Gasteiger partial charge in [0.25, 0.3) is 0 Å². The highest BCUT2D eigenvalue weighted by molar-refractivity contribution is 5.64. The van der Waals surface area contributed by atoms with Crippen LogP contribution in [0.15, 0.2) is 48.5 Å². The SMILES string of the molecule is CCCOc1ccc(-c2ccc(C(N)CC)cc2)cc1. The summed E-state index contributed by atoms with van der Waals surface area (Å²) < 4.78 is 5.59. The highest BCUT2D eigenvalue weighted by atomic mass is 16.5. The molecule has 20 heavy (non-hydrogen) atoms. The maximum Gasteiger partial charge on any atom is 0.119 e. The summed E-state index contributed by atoms with van der Waals surface area (Å²) in [5.41, 5.74) is 9.63. The predicted octanol–water partition coefficient (Wildman–Crippen LogP) is 4.55. The lowest BCUT2D eigenvalue weighted by Gasteiger charge is -2.10. The highest BCUT2D eigenvalue weighted by Crippen LogP contribution is 2.24. The van der Waals surface area contributed by atoms with E-state index in [4.69, 9.17) is 10.5 Å². The Morgan fingerprint density at radius 1 is 0.900 bits per heavy atom. The molecule has 2 aromatic rings. The molecule has 2 nitrogen and oxygen atoms in total. The van der Waals surface area contributed by atoms with Gasteiger partial charge in [-0.2, -0.15) is 0 Å². The van der Waals surface area contributed by atoms with E-state index in [9.17, 15) is 0 Å². The van der Waals surface area contributed by atoms with Crippen molar-refractivity contribution in [3.05, 3.63) is 54.1 Å². The first kappa shape index (κ1) is 14.6. The molecule has 0 saturated heterocycles. The summed E-state index contributed by atoms with van der Waals surface area (Å²) in [5.74, 6) is 0.931. The molecule has 0 amide bonds. The third-order valence-electron chi connectivity index (χ3n) is 3.44. The quantitative estimate of drug-likeness (QED) is 0.834. The molecular weight excluding hydrogens is 246 g/mol. The fourth-order valence-corrected chi connectivity index (χ4v) is 2.12. The zero-order valence-electron chi connectivity index (χ0n) is 12.3. The van der Waals surface area contributed by atoms with Crippen molar-refractivity contribution in [2.24, 2.45) is 5.73 Å². The van der Waals surface area contributed by atoms with Gasteiger partial charge in [-0.05, 0) is 41.7 Å². The second-order valence-corrected chi connectivity index (χ2v) is 5.01. The summed E-state index contributed by atoms with van der Waals surface area (Å²) >= 11 is 0. The Morgan fingerprint density at radius 2 is 1.45 bits per heavy atom. The van der Waals surface area contributed by atoms with Crippen molar-refractivity contribution >= 4 is 0 Å². The third kappa shape index (κ3) is 3.61. The first-order valence-electron chi connectivity index (χ1n) is 7.33. The molecule has 0 aliphatic heterocycles. The zero-order chi connectivity index (χ0) is 14.4. The minimum absolute atomic E-state index is 0.133. The van der Waals surface area contributed by atoms with Crippen molar-refractivity contribution in [2.75, 3.05) is 6.61 Å². The van der Waals surface area contributed by atoms with Crippen LogP contribution >= 0.6 is 0 Å². The van der Waals surface area contributed by atoms with Crippen LogP contribution in [-0.2, 0) is 0 Å². The topological polar surface area (TPSA) is 35.2 Å². The Bertz CT molecular complexity index is 516. The van der Waals surface area contributed by atoms with Gasteiger partial charge in [-0.3, -0.25) is 0 Å². The molecule has 2 heteroatoms. The van der Waals surface area contributed by atoms with Crippen molar-refractivity contribution in [3.63, 3.8) is 0 Å². The van der Waals surface area contributed by atoms with Crippen LogP contribution in [0, 0.1) is 0 Å². The van der Waals surface area contributed by atoms with Crippen LogP contribution in [0.4, 0.5) is 0 Å². The Kier molecular flexibility index (Phi) is 5.19. The zero-order valence-corrected chi connectivity index (χ0v) is 12.3. The van der Waals surface area contributed by atoms with Crippen LogP contribution < -0.4 is 10.5 Å². The van der Waals surface area contributed by atoms with Crippen molar-refractivity contribution < 1.29 is 4.74 Å². The van der Waals surface area contributed by atoms with Crippen molar-refractivity contribution in [3.8, 4) is 16.9 Å². The molecule has 0 saturated carbocycles. The van der Waals surface area contributed by atoms with Crippen LogP contribution in [0.2, 0.25) is 0 Å². The predicted molar refractivity (Wildman–Crippen MR) is 84.9 cm³/mol. The molecule has 0 bridgehead atoms. The fraction of sp³-hybridized carbons (Fsp3) is 0.333. The van der Waals surface area contributed by atoms with E-state index < -0.39 is 0 Å². The molecule has 0 radical (unpaired) electrons. The maximum atomic E-state index is 6.03. The minimum Gasteiger partial charge on any atom is -0.494 e. The lowest BCUT2D eigenvalue weighted by atomic mass is 10.00. The summed E-state index contributed by atoms with van der Waals surface area (Å²) in [6.07, 6.45) is 1.99. The standard InChI is InChI=1S/C18H23NO/c1-3-13-20-17-11-9-15(10-12-17)14-5-7-16(8-6-14)18(19)4-2/h5-12,18H,3-4,13,19H2,1-2H3. The van der Waals surface area contributed by atoms with Gasteiger partial charge in [-0.25, -0.2) is 0 Å². The van der Waals surface area contributed by atoms with Gasteiger partial charge in [0.1, 0.15) is 5.75 Å². The number of ether oxygens (including phenoxy) is 1. The minimum atomic E-state index is 0.133. The van der Waals surface area contributed by atoms with Gasteiger partial charge < -0.3 is 10.5 Å². The summed E-state index contributed by atoms with van der Waals surface area (Å²) in [7, 11) is 0. The van der Waals surface area contributed by atoms with E-state index in [0.29, 0.717) is 0 Å². The van der Waals surface area contributed by atoms with Gasteiger partial charge in [0.05, 0.1) is 6.61 Å². The van der Waals surface area contributed by atoms with E-state index in [0.717, 1.165) is 25.2 Å². The normalized spacial score (nSPS) is 12.2. The number of nitrogens with two attached hydrogens (primary N) is 1. The van der Waals surface area contributed by atoms with Gasteiger partial charge in [0.2, 0.25) is 0 Å². The molecule has 106 valence electrons. The highest BCUT2D eigenvalue weighted by Gasteiger charge is 2.04. The van der Waals surface area contributed by atoms with Gasteiger partial charge >= 0.3 is 0 Å². The maximum absolute atomic E-state index is 6.03. The Hall–Kier alpha value is -1.80. The first-order valence-corrected chi connectivity index (χ1v) is 7.33. The number of hydrogen-bond donors (Lipinski definition) is 1. The molecule has 1 atom stereocenters. The molecule has 2 rings (SSSR count). The van der Waals surface area contributed by atoms with Gasteiger partial charge in [-0.1, -0.05) is 50.2 Å². The molecule has 2 N–H and O–H groups in total. The summed E-state index contributed by atoms with van der Waals surface area (Å²) in [4.78, 5) is 0. The van der Waals surface area contributed by atoms with E-state index in [1.165, 1.54) is 16.7 Å². The second-order valence-electron chi connectivity index (χ2n) is 5.01. The first-order chi connectivity index (χ1) is 9.74. The molecule has 2 aromatic carbocycles. The number of rotatable bonds is 6. The molecule has 0 aliphatic carbocycles. The lowest BCUT2D eigenvalue weighted by Crippen LogP contribution is -2.07. The van der Waals surface area contributed by atoms with E-state index in [1.807, 2.05) is 12.1 Å². The summed E-state index contributed by atoms with van der Waals surface area (Å²) in [6.45, 7) is 4.98. The van der Waals surface area contributed by atoms with E-state index in [1.54, 1.807) is 0 Å². The van der Waals surface area contributed by atoms with E-state index >= 15 is 0 Å². The van der Waals surface area contributed by atoms with Crippen molar-refractivity contribution in [1.29, 1.82) is 0 Å². The molecular formula is C18H23NO. The molecule has 0 aromatic heterocycles. The van der Waals surface area contributed by atoms with Crippen molar-refractivity contribution in [1.82, 2.24) is 0 Å². The Balaban J connectivity index is 2.11. The van der Waals surface area contributed by atoms with Crippen LogP contribution in [0.1, 0.15) is 38.3 Å². The molecule has 0 aliphatic rings. The van der Waals surface area contributed by atoms with E-state index in [-0.39, 0.29) is 6.04 Å². The lowest BCUT2D eigenvalue weighted by molar-refractivity contribution is 0.317. The van der Waals surface area contributed by atoms with Crippen LogP contribution in [0.3, 0.4) is 0 Å². The smallest absolute Gasteiger partial charge is 0.119 e.